The number of hydrogen-bond donors (Lipinski definition) is 1. The number of fused-ring (bicyclic) bond motifs is 1. The van der Waals surface area contributed by atoms with E-state index in [4.69, 9.17) is 9.47 Å². The first-order valence-corrected chi connectivity index (χ1v) is 6.28. The second-order valence-corrected chi connectivity index (χ2v) is 4.29. The van der Waals surface area contributed by atoms with Gasteiger partial charge in [0.05, 0.1) is 19.3 Å². The summed E-state index contributed by atoms with van der Waals surface area (Å²) >= 11 is 0. The van der Waals surface area contributed by atoms with Crippen molar-refractivity contribution in [2.75, 3.05) is 19.8 Å². The summed E-state index contributed by atoms with van der Waals surface area (Å²) in [5.41, 5.74) is 2.25. The number of aliphatic hydroxyl groups is 1. The molecule has 1 aliphatic rings. The summed E-state index contributed by atoms with van der Waals surface area (Å²) in [6, 6.07) is 8.04. The summed E-state index contributed by atoms with van der Waals surface area (Å²) in [5.74, 6) is 0. The van der Waals surface area contributed by atoms with Crippen LogP contribution < -0.4 is 0 Å². The normalized spacial score (nSPS) is 23.4. The van der Waals surface area contributed by atoms with Crippen LogP contribution in [0.3, 0.4) is 0 Å². The Kier molecular flexibility index (Phi) is 4.54. The number of hydrogen-bond acceptors (Lipinski definition) is 3. The maximum Gasteiger partial charge on any atom is 0.105 e. The average molecular weight is 236 g/mol. The van der Waals surface area contributed by atoms with Crippen LogP contribution in [0.2, 0.25) is 0 Å². The van der Waals surface area contributed by atoms with Crippen LogP contribution in [0.1, 0.15) is 30.6 Å². The number of aliphatic hydroxyl groups excluding tert-OH is 1. The molecule has 0 fully saturated rings. The molecule has 0 aromatic heterocycles. The van der Waals surface area contributed by atoms with E-state index in [1.54, 1.807) is 0 Å². The SMILES string of the molecule is CCOCCOC1CCc2ccccc2C1O. The molecular formula is C14H20O3. The maximum absolute atomic E-state index is 10.2. The second-order valence-electron chi connectivity index (χ2n) is 4.29. The van der Waals surface area contributed by atoms with Crippen LogP contribution in [-0.4, -0.2) is 31.0 Å². The molecule has 1 aromatic rings. The highest BCUT2D eigenvalue weighted by Gasteiger charge is 2.27. The van der Waals surface area contributed by atoms with Crippen LogP contribution >= 0.6 is 0 Å². The smallest absolute Gasteiger partial charge is 0.105 e. The molecule has 17 heavy (non-hydrogen) atoms. The van der Waals surface area contributed by atoms with E-state index < -0.39 is 6.10 Å². The highest BCUT2D eigenvalue weighted by atomic mass is 16.5. The van der Waals surface area contributed by atoms with E-state index in [2.05, 4.69) is 6.07 Å². The Labute approximate surface area is 102 Å². The van der Waals surface area contributed by atoms with Gasteiger partial charge >= 0.3 is 0 Å². The van der Waals surface area contributed by atoms with Crippen molar-refractivity contribution in [2.45, 2.75) is 32.0 Å². The Morgan fingerprint density at radius 3 is 2.94 bits per heavy atom. The molecule has 0 saturated carbocycles. The number of rotatable bonds is 5. The Morgan fingerprint density at radius 2 is 2.12 bits per heavy atom. The van der Waals surface area contributed by atoms with Crippen LogP contribution in [0.15, 0.2) is 24.3 Å². The van der Waals surface area contributed by atoms with Crippen molar-refractivity contribution >= 4 is 0 Å². The minimum absolute atomic E-state index is 0.0923. The average Bonchev–Trinajstić information content (AvgIpc) is 2.37. The summed E-state index contributed by atoms with van der Waals surface area (Å²) in [7, 11) is 0. The third-order valence-corrected chi connectivity index (χ3v) is 3.19. The van der Waals surface area contributed by atoms with Gasteiger partial charge in [0.25, 0.3) is 0 Å². The molecular weight excluding hydrogens is 216 g/mol. The van der Waals surface area contributed by atoms with Crippen molar-refractivity contribution in [2.24, 2.45) is 0 Å². The van der Waals surface area contributed by atoms with E-state index in [-0.39, 0.29) is 6.10 Å². The summed E-state index contributed by atoms with van der Waals surface area (Å²) in [6.07, 6.45) is 1.27. The first kappa shape index (κ1) is 12.6. The molecule has 0 saturated heterocycles. The number of aryl methyl sites for hydroxylation is 1. The van der Waals surface area contributed by atoms with Gasteiger partial charge in [0.15, 0.2) is 0 Å². The lowest BCUT2D eigenvalue weighted by Crippen LogP contribution is -2.29. The largest absolute Gasteiger partial charge is 0.386 e. The standard InChI is InChI=1S/C14H20O3/c1-2-16-9-10-17-13-8-7-11-5-3-4-6-12(11)14(13)15/h3-6,13-15H,2,7-10H2,1H3. The van der Waals surface area contributed by atoms with Crippen molar-refractivity contribution < 1.29 is 14.6 Å². The summed E-state index contributed by atoms with van der Waals surface area (Å²) in [6.45, 7) is 3.82. The molecule has 3 nitrogen and oxygen atoms in total. The van der Waals surface area contributed by atoms with E-state index in [0.717, 1.165) is 18.4 Å². The Morgan fingerprint density at radius 1 is 1.29 bits per heavy atom. The molecule has 1 aromatic carbocycles. The summed E-state index contributed by atoms with van der Waals surface area (Å²) in [4.78, 5) is 0. The van der Waals surface area contributed by atoms with Crippen molar-refractivity contribution in [1.82, 2.24) is 0 Å². The second kappa shape index (κ2) is 6.15. The number of ether oxygens (including phenoxy) is 2. The Bertz CT molecular complexity index is 351. The van der Waals surface area contributed by atoms with Crippen LogP contribution in [0.4, 0.5) is 0 Å². The first-order valence-electron chi connectivity index (χ1n) is 6.28. The third-order valence-electron chi connectivity index (χ3n) is 3.19. The molecule has 1 N–H and O–H groups in total. The Balaban J connectivity index is 1.90. The van der Waals surface area contributed by atoms with Gasteiger partial charge in [-0.15, -0.1) is 0 Å². The van der Waals surface area contributed by atoms with E-state index in [1.807, 2.05) is 25.1 Å². The molecule has 2 unspecified atom stereocenters. The summed E-state index contributed by atoms with van der Waals surface area (Å²) < 4.78 is 10.9. The van der Waals surface area contributed by atoms with Gasteiger partial charge in [-0.1, -0.05) is 24.3 Å². The van der Waals surface area contributed by atoms with Crippen molar-refractivity contribution in [3.8, 4) is 0 Å². The topological polar surface area (TPSA) is 38.7 Å². The molecule has 0 radical (unpaired) electrons. The first-order chi connectivity index (χ1) is 8.33. The molecule has 1 aliphatic carbocycles. The molecule has 0 spiro atoms. The lowest BCUT2D eigenvalue weighted by atomic mass is 9.87. The lowest BCUT2D eigenvalue weighted by Gasteiger charge is -2.30. The fourth-order valence-electron chi connectivity index (χ4n) is 2.28. The minimum Gasteiger partial charge on any atom is -0.386 e. The molecule has 2 atom stereocenters. The van der Waals surface area contributed by atoms with Crippen molar-refractivity contribution in [1.29, 1.82) is 0 Å². The molecule has 0 aliphatic heterocycles. The Hall–Kier alpha value is -0.900. The summed E-state index contributed by atoms with van der Waals surface area (Å²) in [5, 5.41) is 10.2. The van der Waals surface area contributed by atoms with Gasteiger partial charge in [-0.3, -0.25) is 0 Å². The van der Waals surface area contributed by atoms with Crippen molar-refractivity contribution in [3.05, 3.63) is 35.4 Å². The fourth-order valence-corrected chi connectivity index (χ4v) is 2.28. The maximum atomic E-state index is 10.2. The fraction of sp³-hybridized carbons (Fsp3) is 0.571. The zero-order valence-electron chi connectivity index (χ0n) is 10.3. The molecule has 0 bridgehead atoms. The minimum atomic E-state index is -0.499. The van der Waals surface area contributed by atoms with Gasteiger partial charge in [0.1, 0.15) is 6.10 Å². The van der Waals surface area contributed by atoms with Gasteiger partial charge in [-0.05, 0) is 30.9 Å². The molecule has 2 rings (SSSR count). The lowest BCUT2D eigenvalue weighted by molar-refractivity contribution is -0.0643. The van der Waals surface area contributed by atoms with E-state index >= 15 is 0 Å². The zero-order valence-corrected chi connectivity index (χ0v) is 10.3. The van der Waals surface area contributed by atoms with E-state index in [9.17, 15) is 5.11 Å². The molecule has 0 heterocycles. The molecule has 3 heteroatoms. The highest BCUT2D eigenvalue weighted by Crippen LogP contribution is 2.31. The van der Waals surface area contributed by atoms with Crippen LogP contribution in [0, 0.1) is 0 Å². The molecule has 94 valence electrons. The highest BCUT2D eigenvalue weighted by molar-refractivity contribution is 5.32. The van der Waals surface area contributed by atoms with Gasteiger partial charge in [-0.2, -0.15) is 0 Å². The predicted octanol–water partition coefficient (Wildman–Crippen LogP) is 2.09. The van der Waals surface area contributed by atoms with Gasteiger partial charge in [0, 0.05) is 6.61 Å². The van der Waals surface area contributed by atoms with Crippen molar-refractivity contribution in [3.63, 3.8) is 0 Å². The van der Waals surface area contributed by atoms with Gasteiger partial charge in [0.2, 0.25) is 0 Å². The monoisotopic (exact) mass is 236 g/mol. The van der Waals surface area contributed by atoms with Gasteiger partial charge < -0.3 is 14.6 Å². The van der Waals surface area contributed by atoms with Crippen LogP contribution in [0.25, 0.3) is 0 Å². The predicted molar refractivity (Wildman–Crippen MR) is 66.0 cm³/mol. The number of benzene rings is 1. The zero-order chi connectivity index (χ0) is 12.1. The van der Waals surface area contributed by atoms with Crippen LogP contribution in [-0.2, 0) is 15.9 Å². The van der Waals surface area contributed by atoms with Crippen LogP contribution in [0.5, 0.6) is 0 Å². The molecule has 0 amide bonds. The van der Waals surface area contributed by atoms with E-state index in [0.29, 0.717) is 19.8 Å². The quantitative estimate of drug-likeness (QED) is 0.796. The third kappa shape index (κ3) is 3.06. The van der Waals surface area contributed by atoms with Gasteiger partial charge in [-0.25, -0.2) is 0 Å². The van der Waals surface area contributed by atoms with E-state index in [1.165, 1.54) is 5.56 Å².